The molecule has 0 aromatic heterocycles. The quantitative estimate of drug-likeness (QED) is 0.162. The van der Waals surface area contributed by atoms with Gasteiger partial charge in [0.05, 0.1) is 12.7 Å². The zero-order chi connectivity index (χ0) is 30.5. The molecule has 0 saturated carbocycles. The van der Waals surface area contributed by atoms with E-state index in [0.29, 0.717) is 5.56 Å². The largest absolute Gasteiger partial charge is 0.508 e. The van der Waals surface area contributed by atoms with Crippen LogP contribution in [0.4, 0.5) is 0 Å². The van der Waals surface area contributed by atoms with Gasteiger partial charge in [-0.3, -0.25) is 4.79 Å². The molecule has 0 aliphatic carbocycles. The number of benzene rings is 2. The number of ether oxygens (including phenoxy) is 5. The summed E-state index contributed by atoms with van der Waals surface area (Å²) in [5, 5.41) is 92.3. The van der Waals surface area contributed by atoms with Crippen LogP contribution in [0.25, 0.3) is 0 Å². The number of aliphatic hydroxyl groups excluding tert-OH is 6. The van der Waals surface area contributed by atoms with Gasteiger partial charge in [-0.25, -0.2) is 0 Å². The van der Waals surface area contributed by atoms with Gasteiger partial charge in [0.15, 0.2) is 6.29 Å². The number of carbonyl (C=O) groups is 1. The Morgan fingerprint density at radius 1 is 0.810 bits per heavy atom. The summed E-state index contributed by atoms with van der Waals surface area (Å²) in [4.78, 5) is 13.3. The monoisotopic (exact) mass is 596 g/mol. The Morgan fingerprint density at radius 2 is 1.45 bits per heavy atom. The van der Waals surface area contributed by atoms with E-state index in [9.17, 15) is 50.8 Å². The molecule has 3 heterocycles. The Kier molecular flexibility index (Phi) is 8.34. The highest BCUT2D eigenvalue weighted by molar-refractivity contribution is 6.09. The second kappa shape index (κ2) is 11.5. The molecular formula is C27H32O15. The molecule has 1 unspecified atom stereocenters. The normalized spacial score (nSPS) is 38.1. The van der Waals surface area contributed by atoms with Gasteiger partial charge in [0.1, 0.15) is 71.3 Å². The lowest BCUT2D eigenvalue weighted by molar-refractivity contribution is -0.318. The average Bonchev–Trinajstić information content (AvgIpc) is 3.19. The molecule has 15 nitrogen and oxygen atoms in total. The topological polar surface area (TPSA) is 245 Å². The second-order valence-corrected chi connectivity index (χ2v) is 10.5. The van der Waals surface area contributed by atoms with Crippen LogP contribution < -0.4 is 9.47 Å². The molecule has 230 valence electrons. The minimum atomic E-state index is -2.40. The number of hydrogen-bond donors (Lipinski definition) is 9. The fourth-order valence-corrected chi connectivity index (χ4v) is 5.02. The van der Waals surface area contributed by atoms with Crippen LogP contribution in [0.2, 0.25) is 0 Å². The van der Waals surface area contributed by atoms with Crippen molar-refractivity contribution < 1.29 is 74.4 Å². The summed E-state index contributed by atoms with van der Waals surface area (Å²) in [6.07, 6.45) is -15.8. The molecule has 2 fully saturated rings. The SMILES string of the molecule is C[C@@H]1O[C@@H](OC[C@H]2O[C@@H](Oc3cc(O)cc4c3C(=O)C(O)(Cc3ccc(O)cc3)O4)[C@H](O)[C@@H](O)[C@@H]2O)[C@H](O)[C@H](O)[C@H]1O. The lowest BCUT2D eigenvalue weighted by Crippen LogP contribution is -2.61. The molecule has 0 amide bonds. The molecule has 0 spiro atoms. The number of ketones is 1. The Bertz CT molecular complexity index is 1290. The minimum absolute atomic E-state index is 0.0243. The first-order chi connectivity index (χ1) is 19.8. The Labute approximate surface area is 238 Å². The molecule has 3 aliphatic heterocycles. The van der Waals surface area contributed by atoms with Crippen molar-refractivity contribution >= 4 is 5.78 Å². The third-order valence-electron chi connectivity index (χ3n) is 7.44. The molecule has 2 aromatic carbocycles. The second-order valence-electron chi connectivity index (χ2n) is 10.5. The highest BCUT2D eigenvalue weighted by atomic mass is 16.7. The van der Waals surface area contributed by atoms with E-state index in [2.05, 4.69) is 0 Å². The van der Waals surface area contributed by atoms with Crippen molar-refractivity contribution in [3.63, 3.8) is 0 Å². The molecule has 11 atom stereocenters. The summed E-state index contributed by atoms with van der Waals surface area (Å²) in [5.74, 6) is -4.41. The van der Waals surface area contributed by atoms with Gasteiger partial charge in [0.25, 0.3) is 5.79 Å². The number of rotatable bonds is 7. The summed E-state index contributed by atoms with van der Waals surface area (Å²) < 4.78 is 27.6. The standard InChI is InChI=1S/C27H32O15/c1-10-18(30)20(32)22(34)25(39-10)38-9-16-19(31)21(33)23(35)26(41-16)40-14-6-13(29)7-15-17(14)24(36)27(37,42-15)8-11-2-4-12(28)5-3-11/h2-7,10,16,18-23,25-26,28-35,37H,8-9H2,1H3/t10-,16+,18-,19+,20+,21-,22+,23+,25+,26+,27?/m0/s1. The van der Waals surface area contributed by atoms with Crippen molar-refractivity contribution in [2.45, 2.75) is 80.5 Å². The van der Waals surface area contributed by atoms with E-state index in [-0.39, 0.29) is 29.2 Å². The zero-order valence-corrected chi connectivity index (χ0v) is 22.1. The maximum atomic E-state index is 13.3. The molecule has 5 rings (SSSR count). The number of fused-ring (bicyclic) bond motifs is 1. The fraction of sp³-hybridized carbons (Fsp3) is 0.519. The molecule has 9 N–H and O–H groups in total. The number of aromatic hydroxyl groups is 2. The van der Waals surface area contributed by atoms with Crippen molar-refractivity contribution in [3.05, 3.63) is 47.5 Å². The van der Waals surface area contributed by atoms with E-state index in [0.717, 1.165) is 12.1 Å². The third-order valence-corrected chi connectivity index (χ3v) is 7.44. The number of aliphatic hydroxyl groups is 7. The maximum Gasteiger partial charge on any atom is 0.277 e. The fourth-order valence-electron chi connectivity index (χ4n) is 5.02. The van der Waals surface area contributed by atoms with Crippen LogP contribution in [0, 0.1) is 0 Å². The van der Waals surface area contributed by atoms with Crippen LogP contribution in [0.3, 0.4) is 0 Å². The molecular weight excluding hydrogens is 564 g/mol. The average molecular weight is 597 g/mol. The summed E-state index contributed by atoms with van der Waals surface area (Å²) in [5.41, 5.74) is 0.149. The minimum Gasteiger partial charge on any atom is -0.508 e. The lowest BCUT2D eigenvalue weighted by Gasteiger charge is -2.42. The zero-order valence-electron chi connectivity index (χ0n) is 22.1. The van der Waals surface area contributed by atoms with Gasteiger partial charge in [-0.15, -0.1) is 0 Å². The van der Waals surface area contributed by atoms with E-state index in [1.54, 1.807) is 0 Å². The van der Waals surface area contributed by atoms with Crippen LogP contribution in [0.1, 0.15) is 22.8 Å². The van der Waals surface area contributed by atoms with Crippen LogP contribution >= 0.6 is 0 Å². The van der Waals surface area contributed by atoms with E-state index >= 15 is 0 Å². The highest BCUT2D eigenvalue weighted by Crippen LogP contribution is 2.44. The first kappa shape index (κ1) is 30.4. The smallest absolute Gasteiger partial charge is 0.277 e. The van der Waals surface area contributed by atoms with E-state index in [4.69, 9.17) is 23.7 Å². The predicted molar refractivity (Wildman–Crippen MR) is 135 cm³/mol. The van der Waals surface area contributed by atoms with Gasteiger partial charge >= 0.3 is 0 Å². The lowest BCUT2D eigenvalue weighted by atomic mass is 9.97. The Hall–Kier alpha value is -3.09. The van der Waals surface area contributed by atoms with E-state index in [1.807, 2.05) is 0 Å². The summed E-state index contributed by atoms with van der Waals surface area (Å²) in [7, 11) is 0. The first-order valence-electron chi connectivity index (χ1n) is 13.1. The maximum absolute atomic E-state index is 13.3. The third kappa shape index (κ3) is 5.63. The summed E-state index contributed by atoms with van der Waals surface area (Å²) in [6, 6.07) is 7.75. The van der Waals surface area contributed by atoms with Gasteiger partial charge < -0.3 is 69.6 Å². The predicted octanol–water partition coefficient (Wildman–Crippen LogP) is -2.37. The van der Waals surface area contributed by atoms with Crippen molar-refractivity contribution in [3.8, 4) is 23.0 Å². The molecule has 15 heteroatoms. The van der Waals surface area contributed by atoms with Crippen LogP contribution in [-0.2, 0) is 20.6 Å². The molecule has 3 aliphatic rings. The summed E-state index contributed by atoms with van der Waals surface area (Å²) in [6.45, 7) is 0.894. The number of Topliss-reactive ketones (excluding diaryl/α,β-unsaturated/α-hetero) is 1. The number of phenols is 2. The van der Waals surface area contributed by atoms with Crippen molar-refractivity contribution in [2.24, 2.45) is 0 Å². The number of carbonyl (C=O) groups excluding carboxylic acids is 1. The Balaban J connectivity index is 1.32. The molecule has 42 heavy (non-hydrogen) atoms. The van der Waals surface area contributed by atoms with Crippen LogP contribution in [0.15, 0.2) is 36.4 Å². The Morgan fingerprint density at radius 3 is 2.14 bits per heavy atom. The van der Waals surface area contributed by atoms with Gasteiger partial charge in [-0.1, -0.05) is 12.1 Å². The first-order valence-corrected chi connectivity index (χ1v) is 13.1. The van der Waals surface area contributed by atoms with E-state index in [1.165, 1.54) is 31.2 Å². The van der Waals surface area contributed by atoms with Gasteiger partial charge in [0, 0.05) is 18.6 Å². The van der Waals surface area contributed by atoms with Crippen LogP contribution in [-0.4, -0.2) is 126 Å². The molecule has 2 saturated heterocycles. The summed E-state index contributed by atoms with van der Waals surface area (Å²) >= 11 is 0. The molecule has 0 bridgehead atoms. The highest BCUT2D eigenvalue weighted by Gasteiger charge is 2.51. The number of hydrogen-bond acceptors (Lipinski definition) is 15. The van der Waals surface area contributed by atoms with Crippen molar-refractivity contribution in [1.29, 1.82) is 0 Å². The molecule has 2 aromatic rings. The van der Waals surface area contributed by atoms with E-state index < -0.39 is 85.3 Å². The van der Waals surface area contributed by atoms with Crippen molar-refractivity contribution in [1.82, 2.24) is 0 Å². The van der Waals surface area contributed by atoms with Crippen LogP contribution in [0.5, 0.6) is 23.0 Å². The van der Waals surface area contributed by atoms with Crippen molar-refractivity contribution in [2.75, 3.05) is 6.61 Å². The van der Waals surface area contributed by atoms with Gasteiger partial charge in [-0.2, -0.15) is 0 Å². The van der Waals surface area contributed by atoms with Gasteiger partial charge in [-0.05, 0) is 24.6 Å². The van der Waals surface area contributed by atoms with Gasteiger partial charge in [0.2, 0.25) is 12.1 Å². The number of phenolic OH excluding ortho intramolecular Hbond substituents is 2. The molecule has 0 radical (unpaired) electrons.